The molecule has 3 N–H and O–H groups in total. The molecule has 146 valence electrons. The van der Waals surface area contributed by atoms with Crippen LogP contribution in [0.15, 0.2) is 60.9 Å². The molecule has 4 aromatic rings. The van der Waals surface area contributed by atoms with Gasteiger partial charge in [-0.15, -0.1) is 0 Å². The zero-order valence-corrected chi connectivity index (χ0v) is 16.1. The van der Waals surface area contributed by atoms with Gasteiger partial charge < -0.3 is 15.8 Å². The van der Waals surface area contributed by atoms with Crippen LogP contribution in [0.5, 0.6) is 11.5 Å². The number of anilines is 1. The molecule has 2 aromatic heterocycles. The molecule has 0 bridgehead atoms. The summed E-state index contributed by atoms with van der Waals surface area (Å²) >= 11 is 0. The number of hydrogen-bond acceptors (Lipinski definition) is 6. The Morgan fingerprint density at radius 2 is 1.72 bits per heavy atom. The van der Waals surface area contributed by atoms with Gasteiger partial charge in [-0.25, -0.2) is 14.6 Å². The third-order valence-electron chi connectivity index (χ3n) is 5.49. The fourth-order valence-corrected chi connectivity index (χ4v) is 3.78. The summed E-state index contributed by atoms with van der Waals surface area (Å²) in [5.41, 5.74) is 8.76. The van der Waals surface area contributed by atoms with Gasteiger partial charge in [-0.05, 0) is 56.3 Å². The average molecular weight is 386 g/mol. The maximum atomic E-state index is 6.21. The third-order valence-corrected chi connectivity index (χ3v) is 5.49. The Balaban J connectivity index is 1.50. The summed E-state index contributed by atoms with van der Waals surface area (Å²) < 4.78 is 7.90. The van der Waals surface area contributed by atoms with Gasteiger partial charge in [0.2, 0.25) is 0 Å². The first-order valence-corrected chi connectivity index (χ1v) is 9.72. The Morgan fingerprint density at radius 3 is 2.45 bits per heavy atom. The van der Waals surface area contributed by atoms with Crippen LogP contribution in [0.25, 0.3) is 22.3 Å². The lowest BCUT2D eigenvalue weighted by atomic mass is 9.87. The molecule has 1 saturated carbocycles. The van der Waals surface area contributed by atoms with Crippen molar-refractivity contribution in [3.63, 3.8) is 0 Å². The Morgan fingerprint density at radius 1 is 1.00 bits per heavy atom. The van der Waals surface area contributed by atoms with Gasteiger partial charge in [0.25, 0.3) is 0 Å². The molecule has 0 unspecified atom stereocenters. The molecular weight excluding hydrogens is 364 g/mol. The van der Waals surface area contributed by atoms with Gasteiger partial charge in [-0.2, -0.15) is 5.10 Å². The van der Waals surface area contributed by atoms with E-state index in [1.807, 2.05) is 66.3 Å². The van der Waals surface area contributed by atoms with E-state index in [1.54, 1.807) is 0 Å². The lowest BCUT2D eigenvalue weighted by molar-refractivity contribution is 0.224. The topological polar surface area (TPSA) is 90.9 Å². The van der Waals surface area contributed by atoms with Crippen LogP contribution in [0.2, 0.25) is 0 Å². The van der Waals surface area contributed by atoms with E-state index in [1.165, 1.54) is 6.33 Å². The molecule has 0 atom stereocenters. The van der Waals surface area contributed by atoms with Crippen LogP contribution in [0, 0.1) is 0 Å². The van der Waals surface area contributed by atoms with Gasteiger partial charge in [-0.1, -0.05) is 18.2 Å². The number of fused-ring (bicyclic) bond motifs is 1. The minimum atomic E-state index is 0.318. The van der Waals surface area contributed by atoms with Crippen LogP contribution in [0.3, 0.4) is 0 Å². The minimum Gasteiger partial charge on any atom is -0.457 e. The van der Waals surface area contributed by atoms with Crippen molar-refractivity contribution in [2.45, 2.75) is 24.9 Å². The highest BCUT2D eigenvalue weighted by molar-refractivity contribution is 5.98. The second-order valence-electron chi connectivity index (χ2n) is 7.30. The molecule has 0 amide bonds. The molecular formula is C22H22N6O. The fraction of sp³-hybridized carbons (Fsp3) is 0.227. The highest BCUT2D eigenvalue weighted by Gasteiger charge is 2.32. The summed E-state index contributed by atoms with van der Waals surface area (Å²) in [6.45, 7) is 0. The number of rotatable bonds is 5. The van der Waals surface area contributed by atoms with Gasteiger partial charge in [-0.3, -0.25) is 0 Å². The van der Waals surface area contributed by atoms with Crippen LogP contribution < -0.4 is 15.8 Å². The van der Waals surface area contributed by atoms with Crippen molar-refractivity contribution in [2.24, 2.45) is 0 Å². The molecule has 0 aliphatic heterocycles. The van der Waals surface area contributed by atoms with Crippen LogP contribution in [0.4, 0.5) is 5.82 Å². The van der Waals surface area contributed by atoms with Crippen molar-refractivity contribution in [3.8, 4) is 22.8 Å². The Bertz CT molecular complexity index is 1130. The number of hydrogen-bond donors (Lipinski definition) is 2. The standard InChI is InChI=1S/C22H22N6O/c1-24-15-11-16(12-15)28-22-19(21(23)25-13-26-22)20(27-28)14-7-9-18(10-8-14)29-17-5-3-2-4-6-17/h2-10,13,15-16,24H,11-12H2,1H3,(H2,23,25,26). The molecule has 5 rings (SSSR count). The number of nitrogen functional groups attached to an aromatic ring is 1. The van der Waals surface area contributed by atoms with Crippen molar-refractivity contribution >= 4 is 16.9 Å². The minimum absolute atomic E-state index is 0.318. The van der Waals surface area contributed by atoms with Crippen molar-refractivity contribution in [1.82, 2.24) is 25.1 Å². The number of aromatic nitrogens is 4. The zero-order valence-electron chi connectivity index (χ0n) is 16.1. The summed E-state index contributed by atoms with van der Waals surface area (Å²) in [6.07, 6.45) is 3.56. The summed E-state index contributed by atoms with van der Waals surface area (Å²) in [5.74, 6) is 2.02. The van der Waals surface area contributed by atoms with Crippen LogP contribution in [-0.4, -0.2) is 32.8 Å². The molecule has 1 aliphatic rings. The second-order valence-corrected chi connectivity index (χ2v) is 7.30. The maximum Gasteiger partial charge on any atom is 0.164 e. The highest BCUT2D eigenvalue weighted by Crippen LogP contribution is 2.38. The van der Waals surface area contributed by atoms with E-state index in [0.29, 0.717) is 17.9 Å². The van der Waals surface area contributed by atoms with Crippen LogP contribution >= 0.6 is 0 Å². The number of benzene rings is 2. The largest absolute Gasteiger partial charge is 0.457 e. The van der Waals surface area contributed by atoms with E-state index in [0.717, 1.165) is 46.6 Å². The number of nitrogens with one attached hydrogen (secondary N) is 1. The molecule has 0 saturated heterocycles. The highest BCUT2D eigenvalue weighted by atomic mass is 16.5. The van der Waals surface area contributed by atoms with Crippen LogP contribution in [0.1, 0.15) is 18.9 Å². The molecule has 0 radical (unpaired) electrons. The monoisotopic (exact) mass is 386 g/mol. The molecule has 1 aliphatic carbocycles. The molecule has 7 heteroatoms. The molecule has 29 heavy (non-hydrogen) atoms. The summed E-state index contributed by atoms with van der Waals surface area (Å²) in [5, 5.41) is 9.01. The maximum absolute atomic E-state index is 6.21. The Hall–Kier alpha value is -3.45. The van der Waals surface area contributed by atoms with E-state index < -0.39 is 0 Å². The lowest BCUT2D eigenvalue weighted by Gasteiger charge is -2.35. The van der Waals surface area contributed by atoms with E-state index in [-0.39, 0.29) is 0 Å². The summed E-state index contributed by atoms with van der Waals surface area (Å²) in [6, 6.07) is 18.4. The SMILES string of the molecule is CNC1CC(n2nc(-c3ccc(Oc4ccccc4)cc3)c3c(N)ncnc32)C1. The van der Waals surface area contributed by atoms with Crippen molar-refractivity contribution in [1.29, 1.82) is 0 Å². The Kier molecular flexibility index (Phi) is 4.37. The Labute approximate surface area is 168 Å². The fourth-order valence-electron chi connectivity index (χ4n) is 3.78. The quantitative estimate of drug-likeness (QED) is 0.542. The number of nitrogens with zero attached hydrogens (tertiary/aromatic N) is 4. The first-order valence-electron chi connectivity index (χ1n) is 9.72. The number of ether oxygens (including phenoxy) is 1. The van der Waals surface area contributed by atoms with Gasteiger partial charge in [0.1, 0.15) is 29.3 Å². The summed E-state index contributed by atoms with van der Waals surface area (Å²) in [4.78, 5) is 8.67. The first-order chi connectivity index (χ1) is 14.2. The van der Waals surface area contributed by atoms with Crippen molar-refractivity contribution in [2.75, 3.05) is 12.8 Å². The smallest absolute Gasteiger partial charge is 0.164 e. The van der Waals surface area contributed by atoms with E-state index in [2.05, 4.69) is 15.3 Å². The number of nitrogens with two attached hydrogens (primary N) is 1. The van der Waals surface area contributed by atoms with Crippen LogP contribution in [-0.2, 0) is 0 Å². The molecule has 7 nitrogen and oxygen atoms in total. The zero-order chi connectivity index (χ0) is 19.8. The molecule has 2 heterocycles. The van der Waals surface area contributed by atoms with Gasteiger partial charge in [0.15, 0.2) is 5.65 Å². The number of para-hydroxylation sites is 1. The van der Waals surface area contributed by atoms with Gasteiger partial charge in [0, 0.05) is 11.6 Å². The van der Waals surface area contributed by atoms with Crippen molar-refractivity contribution in [3.05, 3.63) is 60.9 Å². The first kappa shape index (κ1) is 17.6. The van der Waals surface area contributed by atoms with E-state index >= 15 is 0 Å². The van der Waals surface area contributed by atoms with E-state index in [9.17, 15) is 0 Å². The van der Waals surface area contributed by atoms with E-state index in [4.69, 9.17) is 15.6 Å². The summed E-state index contributed by atoms with van der Waals surface area (Å²) in [7, 11) is 1.99. The molecule has 2 aromatic carbocycles. The average Bonchev–Trinajstić information content (AvgIpc) is 3.09. The molecule has 1 fully saturated rings. The van der Waals surface area contributed by atoms with Gasteiger partial charge in [0.05, 0.1) is 11.4 Å². The predicted octanol–water partition coefficient (Wildman–Crippen LogP) is 3.79. The second kappa shape index (κ2) is 7.18. The normalized spacial score (nSPS) is 18.5. The predicted molar refractivity (Wildman–Crippen MR) is 113 cm³/mol. The lowest BCUT2D eigenvalue weighted by Crippen LogP contribution is -2.40. The third kappa shape index (κ3) is 3.19. The van der Waals surface area contributed by atoms with Gasteiger partial charge >= 0.3 is 0 Å². The van der Waals surface area contributed by atoms with Crippen molar-refractivity contribution < 1.29 is 4.74 Å². The molecule has 0 spiro atoms.